The van der Waals surface area contributed by atoms with Crippen LogP contribution in [0.3, 0.4) is 0 Å². The normalized spacial score (nSPS) is 21.5. The Morgan fingerprint density at radius 1 is 1.19 bits per heavy atom. The first kappa shape index (κ1) is 26.9. The van der Waals surface area contributed by atoms with E-state index >= 15 is 0 Å². The van der Waals surface area contributed by atoms with Crippen LogP contribution >= 0.6 is 0 Å². The van der Waals surface area contributed by atoms with Crippen LogP contribution in [0.2, 0.25) is 0 Å². The number of aliphatic hydroxyl groups excluding tert-OH is 1. The maximum absolute atomic E-state index is 14.5. The molecule has 0 bridgehead atoms. The number of ether oxygens (including phenoxy) is 1. The number of para-hydroxylation sites is 1. The Bertz CT molecular complexity index is 1150. The van der Waals surface area contributed by atoms with Gasteiger partial charge in [0.1, 0.15) is 11.9 Å². The van der Waals surface area contributed by atoms with Crippen LogP contribution in [0.4, 0.5) is 23.2 Å². The van der Waals surface area contributed by atoms with Crippen molar-refractivity contribution in [2.24, 2.45) is 5.92 Å². The zero-order chi connectivity index (χ0) is 26.6. The predicted molar refractivity (Wildman–Crippen MR) is 132 cm³/mol. The van der Waals surface area contributed by atoms with Crippen LogP contribution in [0, 0.1) is 11.7 Å². The summed E-state index contributed by atoms with van der Waals surface area (Å²) in [5.41, 5.74) is 0.518. The van der Waals surface area contributed by atoms with Crippen molar-refractivity contribution in [2.45, 2.75) is 50.7 Å². The molecule has 198 valence electrons. The van der Waals surface area contributed by atoms with Gasteiger partial charge in [0.2, 0.25) is 5.91 Å². The smallest absolute Gasteiger partial charge is 0.368 e. The first-order chi connectivity index (χ1) is 17.7. The fraction of sp³-hybridized carbons (Fsp3) is 0.393. The number of carbonyl (C=O) groups excluding carboxylic acids is 1. The molecule has 1 amide bonds. The molecule has 4 rings (SSSR count). The standard InChI is InChI=1S/C28H30F4N2O3/c1-2-37-27(36)20-8-5-7-19(17-20)24-11-6-16-34(24)26(35)25(33-23-10-4-3-9-22(23)29)18-12-14-21(15-13-18)28(30,31)32/h3-5,7-10,12-15,20,24-25,27,33,36H,2,6,11,16-17H2,1H3/t20?,24-,25?,27?/m0/s1. The van der Waals surface area contributed by atoms with Crippen LogP contribution in [0.5, 0.6) is 0 Å². The second kappa shape index (κ2) is 11.5. The third kappa shape index (κ3) is 6.22. The summed E-state index contributed by atoms with van der Waals surface area (Å²) >= 11 is 0. The molecule has 1 aliphatic heterocycles. The summed E-state index contributed by atoms with van der Waals surface area (Å²) in [6.45, 7) is 2.63. The fourth-order valence-electron chi connectivity index (χ4n) is 4.94. The van der Waals surface area contributed by atoms with Gasteiger partial charge in [0.25, 0.3) is 0 Å². The Morgan fingerprint density at radius 2 is 1.92 bits per heavy atom. The molecule has 0 spiro atoms. The molecule has 3 unspecified atom stereocenters. The molecule has 37 heavy (non-hydrogen) atoms. The molecule has 2 N–H and O–H groups in total. The first-order valence-electron chi connectivity index (χ1n) is 12.3. The van der Waals surface area contributed by atoms with Gasteiger partial charge >= 0.3 is 6.18 Å². The van der Waals surface area contributed by atoms with Crippen molar-refractivity contribution in [1.82, 2.24) is 4.90 Å². The number of benzene rings is 2. The van der Waals surface area contributed by atoms with Crippen molar-refractivity contribution >= 4 is 11.6 Å². The molecule has 1 fully saturated rings. The summed E-state index contributed by atoms with van der Waals surface area (Å²) in [6.07, 6.45) is 2.14. The quantitative estimate of drug-likeness (QED) is 0.340. The lowest BCUT2D eigenvalue weighted by Crippen LogP contribution is -2.42. The Morgan fingerprint density at radius 3 is 2.59 bits per heavy atom. The van der Waals surface area contributed by atoms with E-state index in [0.717, 1.165) is 24.1 Å². The van der Waals surface area contributed by atoms with E-state index in [4.69, 9.17) is 4.74 Å². The number of rotatable bonds is 8. The minimum atomic E-state index is -4.51. The van der Waals surface area contributed by atoms with Crippen LogP contribution in [0.1, 0.15) is 43.4 Å². The van der Waals surface area contributed by atoms with E-state index in [2.05, 4.69) is 5.32 Å². The molecule has 0 saturated carbocycles. The lowest BCUT2D eigenvalue weighted by molar-refractivity contribution is -0.137. The number of likely N-dealkylation sites (tertiary alicyclic amines) is 1. The molecule has 0 aromatic heterocycles. The summed E-state index contributed by atoms with van der Waals surface area (Å²) in [5, 5.41) is 13.2. The lowest BCUT2D eigenvalue weighted by Gasteiger charge is -2.33. The molecule has 9 heteroatoms. The van der Waals surface area contributed by atoms with Crippen LogP contribution in [-0.2, 0) is 15.7 Å². The van der Waals surface area contributed by atoms with Gasteiger partial charge < -0.3 is 20.1 Å². The molecule has 2 aromatic rings. The van der Waals surface area contributed by atoms with Crippen molar-refractivity contribution in [3.63, 3.8) is 0 Å². The second-order valence-electron chi connectivity index (χ2n) is 9.21. The van der Waals surface area contributed by atoms with Gasteiger partial charge in [-0.25, -0.2) is 4.39 Å². The minimum absolute atomic E-state index is 0.0798. The van der Waals surface area contributed by atoms with Gasteiger partial charge in [0.15, 0.2) is 6.29 Å². The van der Waals surface area contributed by atoms with Gasteiger partial charge in [0, 0.05) is 19.1 Å². The van der Waals surface area contributed by atoms with Gasteiger partial charge in [-0.2, -0.15) is 13.2 Å². The lowest BCUT2D eigenvalue weighted by atomic mass is 9.88. The Balaban J connectivity index is 1.61. The zero-order valence-electron chi connectivity index (χ0n) is 20.4. The zero-order valence-corrected chi connectivity index (χ0v) is 20.4. The highest BCUT2D eigenvalue weighted by molar-refractivity contribution is 5.87. The summed E-state index contributed by atoms with van der Waals surface area (Å²) in [6, 6.07) is 8.88. The molecule has 2 aromatic carbocycles. The van der Waals surface area contributed by atoms with E-state index in [1.165, 1.54) is 30.3 Å². The van der Waals surface area contributed by atoms with Gasteiger partial charge in [-0.3, -0.25) is 4.79 Å². The van der Waals surface area contributed by atoms with E-state index in [0.29, 0.717) is 31.6 Å². The molecular formula is C28H30F4N2O3. The molecule has 1 heterocycles. The highest BCUT2D eigenvalue weighted by atomic mass is 19.4. The molecule has 5 nitrogen and oxygen atoms in total. The number of alkyl halides is 3. The Kier molecular flexibility index (Phi) is 8.34. The molecule has 1 saturated heterocycles. The maximum atomic E-state index is 14.5. The average Bonchev–Trinajstić information content (AvgIpc) is 3.38. The highest BCUT2D eigenvalue weighted by Crippen LogP contribution is 2.36. The molecule has 1 aliphatic carbocycles. The van der Waals surface area contributed by atoms with Gasteiger partial charge in [0.05, 0.1) is 17.3 Å². The predicted octanol–water partition coefficient (Wildman–Crippen LogP) is 5.85. The van der Waals surface area contributed by atoms with Gasteiger partial charge in [-0.05, 0) is 61.6 Å². The van der Waals surface area contributed by atoms with E-state index in [-0.39, 0.29) is 23.6 Å². The third-order valence-corrected chi connectivity index (χ3v) is 6.80. The number of hydrogen-bond donors (Lipinski definition) is 2. The number of nitrogens with zero attached hydrogens (tertiary/aromatic N) is 1. The van der Waals surface area contributed by atoms with Crippen LogP contribution in [-0.4, -0.2) is 41.4 Å². The van der Waals surface area contributed by atoms with E-state index < -0.39 is 29.9 Å². The second-order valence-corrected chi connectivity index (χ2v) is 9.21. The van der Waals surface area contributed by atoms with Crippen LogP contribution in [0.15, 0.2) is 72.3 Å². The number of amides is 1. The van der Waals surface area contributed by atoms with Gasteiger partial charge in [-0.15, -0.1) is 0 Å². The summed E-state index contributed by atoms with van der Waals surface area (Å²) < 4.78 is 59.3. The van der Waals surface area contributed by atoms with E-state index in [1.54, 1.807) is 17.9 Å². The van der Waals surface area contributed by atoms with Crippen molar-refractivity contribution in [2.75, 3.05) is 18.5 Å². The SMILES string of the molecule is CCOC(O)C1C=CC=C([C@@H]2CCCN2C(=O)C(Nc2ccccc2F)c2ccc(C(F)(F)F)cc2)C1. The van der Waals surface area contributed by atoms with Crippen LogP contribution in [0.25, 0.3) is 0 Å². The molecule has 0 radical (unpaired) electrons. The van der Waals surface area contributed by atoms with Crippen molar-refractivity contribution in [3.05, 3.63) is 89.3 Å². The molecular weight excluding hydrogens is 488 g/mol. The molecule has 2 aliphatic rings. The van der Waals surface area contributed by atoms with E-state index in [1.807, 2.05) is 18.2 Å². The number of allylic oxidation sites excluding steroid dienone is 2. The number of hydrogen-bond acceptors (Lipinski definition) is 4. The third-order valence-electron chi connectivity index (χ3n) is 6.80. The topological polar surface area (TPSA) is 61.8 Å². The minimum Gasteiger partial charge on any atom is -0.368 e. The van der Waals surface area contributed by atoms with Crippen molar-refractivity contribution < 1.29 is 32.2 Å². The largest absolute Gasteiger partial charge is 0.416 e. The highest BCUT2D eigenvalue weighted by Gasteiger charge is 2.38. The Hall–Kier alpha value is -3.17. The summed E-state index contributed by atoms with van der Waals surface area (Å²) in [4.78, 5) is 15.6. The maximum Gasteiger partial charge on any atom is 0.416 e. The number of carbonyl (C=O) groups is 1. The molecule has 4 atom stereocenters. The number of halogens is 4. The van der Waals surface area contributed by atoms with E-state index in [9.17, 15) is 27.5 Å². The number of anilines is 1. The number of aliphatic hydroxyl groups is 1. The average molecular weight is 519 g/mol. The monoisotopic (exact) mass is 518 g/mol. The van der Waals surface area contributed by atoms with Crippen molar-refractivity contribution in [1.29, 1.82) is 0 Å². The summed E-state index contributed by atoms with van der Waals surface area (Å²) in [5.74, 6) is -1.18. The van der Waals surface area contributed by atoms with Crippen molar-refractivity contribution in [3.8, 4) is 0 Å². The number of nitrogens with one attached hydrogen (secondary N) is 1. The van der Waals surface area contributed by atoms with Gasteiger partial charge in [-0.1, -0.05) is 42.5 Å². The van der Waals surface area contributed by atoms with Crippen LogP contribution < -0.4 is 5.32 Å². The Labute approximate surface area is 213 Å². The first-order valence-corrected chi connectivity index (χ1v) is 12.3. The summed E-state index contributed by atoms with van der Waals surface area (Å²) in [7, 11) is 0. The fourth-order valence-corrected chi connectivity index (χ4v) is 4.94.